The first-order chi connectivity index (χ1) is 14.2. The number of hydrogen-bond acceptors (Lipinski definition) is 5. The fourth-order valence-electron chi connectivity index (χ4n) is 4.21. The van der Waals surface area contributed by atoms with Gasteiger partial charge in [0, 0.05) is 48.7 Å². The molecule has 5 nitrogen and oxygen atoms in total. The van der Waals surface area contributed by atoms with E-state index in [2.05, 4.69) is 45.3 Å². The minimum atomic E-state index is 0.0205. The van der Waals surface area contributed by atoms with Crippen molar-refractivity contribution >= 4 is 27.3 Å². The number of nitrogens with one attached hydrogen (secondary N) is 1. The van der Waals surface area contributed by atoms with Crippen LogP contribution in [0.5, 0.6) is 0 Å². The normalized spacial score (nSPS) is 17.5. The number of fused-ring (bicyclic) bond motifs is 1. The maximum Gasteiger partial charge on any atom is 0.261 e. The standard InChI is InChI=1S/C23H28N4OS/c1-3-21-25-13-16(14-26-21)15-27-11-7-6-8-17(27)12-19-18-9-4-5-10-20(18)29-22(19)23(28)24-2/h4-5,9-10,13-14,17H,3,6-8,11-12,15H2,1-2H3,(H,24,28)/t17-/m1/s1. The van der Waals surface area contributed by atoms with Gasteiger partial charge in [0.25, 0.3) is 5.91 Å². The van der Waals surface area contributed by atoms with E-state index >= 15 is 0 Å². The van der Waals surface area contributed by atoms with Crippen LogP contribution >= 0.6 is 11.3 Å². The lowest BCUT2D eigenvalue weighted by molar-refractivity contribution is 0.0964. The Morgan fingerprint density at radius 3 is 2.79 bits per heavy atom. The van der Waals surface area contributed by atoms with Crippen molar-refractivity contribution in [3.63, 3.8) is 0 Å². The Labute approximate surface area is 176 Å². The largest absolute Gasteiger partial charge is 0.354 e. The van der Waals surface area contributed by atoms with Crippen LogP contribution in [0.25, 0.3) is 10.1 Å². The highest BCUT2D eigenvalue weighted by atomic mass is 32.1. The van der Waals surface area contributed by atoms with Gasteiger partial charge in [-0.25, -0.2) is 9.97 Å². The quantitative estimate of drug-likeness (QED) is 0.664. The van der Waals surface area contributed by atoms with Crippen LogP contribution in [0.4, 0.5) is 0 Å². The fourth-order valence-corrected chi connectivity index (χ4v) is 5.39. The molecule has 3 heterocycles. The van der Waals surface area contributed by atoms with Gasteiger partial charge in [-0.05, 0) is 42.8 Å². The summed E-state index contributed by atoms with van der Waals surface area (Å²) < 4.78 is 1.19. The lowest BCUT2D eigenvalue weighted by Crippen LogP contribution is -2.40. The van der Waals surface area contributed by atoms with Crippen LogP contribution in [0.1, 0.15) is 52.8 Å². The zero-order valence-electron chi connectivity index (χ0n) is 17.1. The van der Waals surface area contributed by atoms with E-state index in [4.69, 9.17) is 0 Å². The molecule has 1 aliphatic rings. The number of likely N-dealkylation sites (tertiary alicyclic amines) is 1. The average molecular weight is 409 g/mol. The summed E-state index contributed by atoms with van der Waals surface area (Å²) >= 11 is 1.60. The third-order valence-corrected chi connectivity index (χ3v) is 6.99. The lowest BCUT2D eigenvalue weighted by Gasteiger charge is -2.36. The summed E-state index contributed by atoms with van der Waals surface area (Å²) in [6, 6.07) is 8.80. The van der Waals surface area contributed by atoms with E-state index in [1.54, 1.807) is 18.4 Å². The molecule has 3 aromatic rings. The molecule has 0 saturated carbocycles. The van der Waals surface area contributed by atoms with Crippen LogP contribution in [-0.2, 0) is 19.4 Å². The van der Waals surface area contributed by atoms with Gasteiger partial charge >= 0.3 is 0 Å². The molecular formula is C23H28N4OS. The summed E-state index contributed by atoms with van der Waals surface area (Å²) in [6.45, 7) is 4.02. The lowest BCUT2D eigenvalue weighted by atomic mass is 9.93. The van der Waals surface area contributed by atoms with E-state index in [1.165, 1.54) is 28.5 Å². The molecule has 2 aromatic heterocycles. The molecular weight excluding hydrogens is 380 g/mol. The molecule has 0 radical (unpaired) electrons. The van der Waals surface area contributed by atoms with E-state index in [0.717, 1.165) is 48.6 Å². The van der Waals surface area contributed by atoms with Crippen molar-refractivity contribution in [2.45, 2.75) is 51.6 Å². The van der Waals surface area contributed by atoms with Gasteiger partial charge in [0.2, 0.25) is 0 Å². The van der Waals surface area contributed by atoms with Gasteiger partial charge in [-0.2, -0.15) is 0 Å². The van der Waals surface area contributed by atoms with Crippen molar-refractivity contribution in [2.75, 3.05) is 13.6 Å². The second-order valence-electron chi connectivity index (χ2n) is 7.67. The van der Waals surface area contributed by atoms with Crippen LogP contribution in [-0.4, -0.2) is 40.4 Å². The summed E-state index contributed by atoms with van der Waals surface area (Å²) in [4.78, 5) is 24.9. The fraction of sp³-hybridized carbons (Fsp3) is 0.435. The van der Waals surface area contributed by atoms with E-state index in [0.29, 0.717) is 6.04 Å². The van der Waals surface area contributed by atoms with Crippen molar-refractivity contribution in [2.24, 2.45) is 0 Å². The van der Waals surface area contributed by atoms with Crippen LogP contribution in [0.3, 0.4) is 0 Å². The summed E-state index contributed by atoms with van der Waals surface area (Å²) in [5.74, 6) is 0.913. The summed E-state index contributed by atoms with van der Waals surface area (Å²) in [5.41, 5.74) is 2.36. The number of nitrogens with zero attached hydrogens (tertiary/aromatic N) is 3. The van der Waals surface area contributed by atoms with Gasteiger partial charge in [-0.3, -0.25) is 9.69 Å². The molecule has 0 spiro atoms. The summed E-state index contributed by atoms with van der Waals surface area (Å²) in [7, 11) is 1.71. The van der Waals surface area contributed by atoms with Crippen molar-refractivity contribution in [3.8, 4) is 0 Å². The van der Waals surface area contributed by atoms with Gasteiger partial charge in [-0.15, -0.1) is 11.3 Å². The molecule has 1 aliphatic heterocycles. The maximum atomic E-state index is 12.5. The summed E-state index contributed by atoms with van der Waals surface area (Å²) in [6.07, 6.45) is 9.31. The predicted molar refractivity (Wildman–Crippen MR) is 118 cm³/mol. The molecule has 0 unspecified atom stereocenters. The molecule has 152 valence electrons. The van der Waals surface area contributed by atoms with Crippen molar-refractivity contribution in [1.82, 2.24) is 20.2 Å². The highest BCUT2D eigenvalue weighted by Crippen LogP contribution is 2.34. The molecule has 1 N–H and O–H groups in total. The molecule has 1 amide bonds. The first kappa shape index (κ1) is 20.0. The minimum absolute atomic E-state index is 0.0205. The number of piperidine rings is 1. The van der Waals surface area contributed by atoms with Crippen LogP contribution in [0.15, 0.2) is 36.7 Å². The Morgan fingerprint density at radius 1 is 1.24 bits per heavy atom. The summed E-state index contributed by atoms with van der Waals surface area (Å²) in [5, 5.41) is 4.04. The van der Waals surface area contributed by atoms with Crippen molar-refractivity contribution in [1.29, 1.82) is 0 Å². The van der Waals surface area contributed by atoms with Crippen molar-refractivity contribution in [3.05, 3.63) is 58.5 Å². The highest BCUT2D eigenvalue weighted by Gasteiger charge is 2.27. The number of hydrogen-bond donors (Lipinski definition) is 1. The van der Waals surface area contributed by atoms with Gasteiger partial charge in [0.1, 0.15) is 5.82 Å². The molecule has 29 heavy (non-hydrogen) atoms. The number of rotatable bonds is 6. The van der Waals surface area contributed by atoms with Gasteiger partial charge in [0.15, 0.2) is 0 Å². The van der Waals surface area contributed by atoms with Crippen molar-refractivity contribution < 1.29 is 4.79 Å². The molecule has 1 aromatic carbocycles. The van der Waals surface area contributed by atoms with Gasteiger partial charge < -0.3 is 5.32 Å². The van der Waals surface area contributed by atoms with Gasteiger partial charge in [-0.1, -0.05) is 31.5 Å². The Morgan fingerprint density at radius 2 is 2.03 bits per heavy atom. The van der Waals surface area contributed by atoms with Gasteiger partial charge in [0.05, 0.1) is 4.88 Å². The Balaban J connectivity index is 1.60. The van der Waals surface area contributed by atoms with E-state index in [-0.39, 0.29) is 5.91 Å². The number of benzene rings is 1. The number of thiophene rings is 1. The predicted octanol–water partition coefficient (Wildman–Crippen LogP) is 4.21. The van der Waals surface area contributed by atoms with Crippen LogP contribution in [0.2, 0.25) is 0 Å². The minimum Gasteiger partial charge on any atom is -0.354 e. The SMILES string of the molecule is CCc1ncc(CN2CCCC[C@@H]2Cc2c(C(=O)NC)sc3ccccc23)cn1. The zero-order valence-corrected chi connectivity index (χ0v) is 18.0. The molecule has 0 bridgehead atoms. The third kappa shape index (κ3) is 4.33. The first-order valence-electron chi connectivity index (χ1n) is 10.5. The number of amides is 1. The third-order valence-electron chi connectivity index (χ3n) is 5.78. The molecule has 1 saturated heterocycles. The molecule has 1 fully saturated rings. The molecule has 6 heteroatoms. The number of carbonyl (C=O) groups is 1. The Hall–Kier alpha value is -2.31. The van der Waals surface area contributed by atoms with Crippen LogP contribution < -0.4 is 5.32 Å². The topological polar surface area (TPSA) is 58.1 Å². The second-order valence-corrected chi connectivity index (χ2v) is 8.72. The maximum absolute atomic E-state index is 12.5. The number of aromatic nitrogens is 2. The number of carbonyl (C=O) groups excluding carboxylic acids is 1. The molecule has 1 atom stereocenters. The Kier molecular flexibility index (Phi) is 6.21. The zero-order chi connectivity index (χ0) is 20.2. The van der Waals surface area contributed by atoms with E-state index in [1.807, 2.05) is 18.5 Å². The molecule has 0 aliphatic carbocycles. The molecule has 4 rings (SSSR count). The highest BCUT2D eigenvalue weighted by molar-refractivity contribution is 7.21. The Bertz CT molecular complexity index is 982. The average Bonchev–Trinajstić information content (AvgIpc) is 3.13. The first-order valence-corrected chi connectivity index (χ1v) is 11.3. The smallest absolute Gasteiger partial charge is 0.261 e. The van der Waals surface area contributed by atoms with Crippen LogP contribution in [0, 0.1) is 0 Å². The monoisotopic (exact) mass is 408 g/mol. The van der Waals surface area contributed by atoms with E-state index < -0.39 is 0 Å². The van der Waals surface area contributed by atoms with E-state index in [9.17, 15) is 4.79 Å². The second kappa shape index (κ2) is 9.01. The number of aryl methyl sites for hydroxylation is 1.